The van der Waals surface area contributed by atoms with Crippen LogP contribution < -0.4 is 0 Å². The minimum atomic E-state index is 0.325. The second-order valence-electron chi connectivity index (χ2n) is 3.06. The van der Waals surface area contributed by atoms with Crippen LogP contribution in [0.1, 0.15) is 26.7 Å². The van der Waals surface area contributed by atoms with E-state index in [2.05, 4.69) is 6.92 Å². The van der Waals surface area contributed by atoms with E-state index in [4.69, 9.17) is 9.47 Å². The summed E-state index contributed by atoms with van der Waals surface area (Å²) in [6.45, 7) is 7.70. The van der Waals surface area contributed by atoms with Gasteiger partial charge < -0.3 is 0 Å². The van der Waals surface area contributed by atoms with Gasteiger partial charge in [-0.1, -0.05) is 0 Å². The van der Waals surface area contributed by atoms with Crippen molar-refractivity contribution in [1.82, 2.24) is 0 Å². The molecule has 0 bridgehead atoms. The molecular weight excluding hydrogens is 151 g/mol. The van der Waals surface area contributed by atoms with E-state index in [1.165, 1.54) is 0 Å². The van der Waals surface area contributed by atoms with E-state index in [1.807, 2.05) is 19.8 Å². The molecule has 0 aromatic rings. The first-order valence-electron chi connectivity index (χ1n) is 4.72. The van der Waals surface area contributed by atoms with Crippen LogP contribution in [0.25, 0.3) is 0 Å². The van der Waals surface area contributed by atoms with Crippen molar-refractivity contribution < 1.29 is 9.47 Å². The molecule has 2 atom stereocenters. The van der Waals surface area contributed by atoms with Crippen molar-refractivity contribution in [1.29, 1.82) is 0 Å². The molecule has 0 aromatic heterocycles. The van der Waals surface area contributed by atoms with Crippen LogP contribution in [-0.4, -0.2) is 38.2 Å². The SMILES string of the molecule is CC=BC1CCC(COCC)O1. The number of hydrogen-bond donors (Lipinski definition) is 0. The summed E-state index contributed by atoms with van der Waals surface area (Å²) in [6.07, 6.45) is 2.60. The van der Waals surface area contributed by atoms with Gasteiger partial charge >= 0.3 is 74.4 Å². The summed E-state index contributed by atoms with van der Waals surface area (Å²) < 4.78 is 11.0. The molecule has 0 N–H and O–H groups in total. The molecule has 1 fully saturated rings. The van der Waals surface area contributed by atoms with Gasteiger partial charge in [-0.3, -0.25) is 0 Å². The fourth-order valence-corrected chi connectivity index (χ4v) is 1.46. The molecule has 0 amide bonds. The normalized spacial score (nSPS) is 29.5. The third-order valence-electron chi connectivity index (χ3n) is 2.06. The Morgan fingerprint density at radius 3 is 3.08 bits per heavy atom. The van der Waals surface area contributed by atoms with Gasteiger partial charge in [0.25, 0.3) is 0 Å². The Bertz CT molecular complexity index is 147. The first-order valence-corrected chi connectivity index (χ1v) is 4.72. The van der Waals surface area contributed by atoms with Gasteiger partial charge in [-0.2, -0.15) is 0 Å². The molecule has 2 nitrogen and oxygen atoms in total. The van der Waals surface area contributed by atoms with Gasteiger partial charge in [0, 0.05) is 0 Å². The zero-order valence-corrected chi connectivity index (χ0v) is 7.95. The van der Waals surface area contributed by atoms with Crippen molar-refractivity contribution in [2.24, 2.45) is 0 Å². The predicted octanol–water partition coefficient (Wildman–Crippen LogP) is 1.05. The summed E-state index contributed by atoms with van der Waals surface area (Å²) in [6, 6.07) is 0.334. The van der Waals surface area contributed by atoms with Gasteiger partial charge in [0.05, 0.1) is 0 Å². The Balaban J connectivity index is 2.16. The van der Waals surface area contributed by atoms with Crippen LogP contribution in [0.15, 0.2) is 0 Å². The van der Waals surface area contributed by atoms with E-state index in [0.717, 1.165) is 26.1 Å². The summed E-state index contributed by atoms with van der Waals surface area (Å²) in [7, 11) is 0. The van der Waals surface area contributed by atoms with Crippen LogP contribution in [-0.2, 0) is 9.47 Å². The number of ether oxygens (including phenoxy) is 2. The monoisotopic (exact) mass is 168 g/mol. The molecule has 0 saturated carbocycles. The topological polar surface area (TPSA) is 18.5 Å². The van der Waals surface area contributed by atoms with Gasteiger partial charge in [-0.25, -0.2) is 0 Å². The van der Waals surface area contributed by atoms with Crippen LogP contribution in [0.4, 0.5) is 0 Å². The van der Waals surface area contributed by atoms with Crippen LogP contribution in [0, 0.1) is 0 Å². The van der Waals surface area contributed by atoms with E-state index >= 15 is 0 Å². The Kier molecular flexibility index (Phi) is 4.55. The average molecular weight is 168 g/mol. The van der Waals surface area contributed by atoms with E-state index in [9.17, 15) is 0 Å². The Morgan fingerprint density at radius 1 is 1.58 bits per heavy atom. The van der Waals surface area contributed by atoms with Gasteiger partial charge in [0.2, 0.25) is 0 Å². The molecular formula is C9H17BO2. The molecule has 3 heteroatoms. The first-order chi connectivity index (χ1) is 5.86. The number of hydrogen-bond acceptors (Lipinski definition) is 2. The van der Waals surface area contributed by atoms with Crippen molar-refractivity contribution in [3.63, 3.8) is 0 Å². The van der Waals surface area contributed by atoms with Gasteiger partial charge in [-0.05, 0) is 0 Å². The zero-order chi connectivity index (χ0) is 8.81. The van der Waals surface area contributed by atoms with E-state index in [-0.39, 0.29) is 0 Å². The van der Waals surface area contributed by atoms with Gasteiger partial charge in [0.1, 0.15) is 0 Å². The molecule has 1 heterocycles. The van der Waals surface area contributed by atoms with E-state index in [1.54, 1.807) is 0 Å². The second-order valence-corrected chi connectivity index (χ2v) is 3.06. The molecule has 1 rings (SSSR count). The summed E-state index contributed by atoms with van der Waals surface area (Å²) in [4.78, 5) is 0. The van der Waals surface area contributed by atoms with Crippen molar-refractivity contribution in [2.75, 3.05) is 13.2 Å². The molecule has 12 heavy (non-hydrogen) atoms. The van der Waals surface area contributed by atoms with Crippen molar-refractivity contribution in [3.05, 3.63) is 0 Å². The van der Waals surface area contributed by atoms with Gasteiger partial charge in [-0.15, -0.1) is 0 Å². The third kappa shape index (κ3) is 3.07. The Labute approximate surface area is 75.2 Å². The van der Waals surface area contributed by atoms with Crippen molar-refractivity contribution in [3.8, 4) is 0 Å². The van der Waals surface area contributed by atoms with Crippen molar-refractivity contribution >= 4 is 12.9 Å². The van der Waals surface area contributed by atoms with Crippen molar-refractivity contribution in [2.45, 2.75) is 38.8 Å². The quantitative estimate of drug-likeness (QED) is 0.584. The summed E-state index contributed by atoms with van der Waals surface area (Å²) in [5, 5.41) is 0. The maximum atomic E-state index is 5.69. The van der Waals surface area contributed by atoms with Crippen LogP contribution >= 0.6 is 0 Å². The minimum absolute atomic E-state index is 0.325. The molecule has 1 aliphatic heterocycles. The molecule has 0 aromatic carbocycles. The summed E-state index contributed by atoms with van der Waals surface area (Å²) in [5.41, 5.74) is 0. The average Bonchev–Trinajstić information content (AvgIpc) is 2.50. The Hall–Kier alpha value is -0.145. The Morgan fingerprint density at radius 2 is 2.42 bits per heavy atom. The molecule has 0 aliphatic carbocycles. The van der Waals surface area contributed by atoms with Gasteiger partial charge in [0.15, 0.2) is 0 Å². The fourth-order valence-electron chi connectivity index (χ4n) is 1.46. The first kappa shape index (κ1) is 9.94. The van der Waals surface area contributed by atoms with E-state index in [0.29, 0.717) is 12.1 Å². The van der Waals surface area contributed by atoms with E-state index < -0.39 is 0 Å². The second kappa shape index (κ2) is 5.49. The molecule has 68 valence electrons. The molecule has 1 aliphatic rings. The fraction of sp³-hybridized carbons (Fsp3) is 0.889. The zero-order valence-electron chi connectivity index (χ0n) is 7.95. The van der Waals surface area contributed by atoms with Crippen LogP contribution in [0.5, 0.6) is 0 Å². The third-order valence-corrected chi connectivity index (χ3v) is 2.06. The summed E-state index contributed by atoms with van der Waals surface area (Å²) in [5.74, 6) is 2.05. The summed E-state index contributed by atoms with van der Waals surface area (Å²) >= 11 is 0. The van der Waals surface area contributed by atoms with Crippen LogP contribution in [0.2, 0.25) is 0 Å². The molecule has 0 spiro atoms. The predicted molar refractivity (Wildman–Crippen MR) is 51.9 cm³/mol. The number of rotatable bonds is 4. The maximum absolute atomic E-state index is 5.69. The standard InChI is InChI=1S/C9H17BO2/c1-3-10-9-6-5-8(12-9)7-11-4-2/h3,8-9H,4-7H2,1-2H3. The molecule has 2 unspecified atom stereocenters. The molecule has 1 saturated heterocycles. The van der Waals surface area contributed by atoms with Crippen LogP contribution in [0.3, 0.4) is 0 Å². The molecule has 0 radical (unpaired) electrons.